The highest BCUT2D eigenvalue weighted by Gasteiger charge is 2.31. The third-order valence-corrected chi connectivity index (χ3v) is 7.75. The third-order valence-electron chi connectivity index (χ3n) is 4.53. The maximum Gasteiger partial charge on any atom is 0.416 e. The molecule has 3 heterocycles. The largest absolute Gasteiger partial charge is 0.416 e. The highest BCUT2D eigenvalue weighted by atomic mass is 32.2. The molecule has 3 aromatic heterocycles. The zero-order valence-electron chi connectivity index (χ0n) is 15.8. The van der Waals surface area contributed by atoms with Gasteiger partial charge >= 0.3 is 6.18 Å². The molecule has 2 N–H and O–H groups in total. The van der Waals surface area contributed by atoms with Crippen LogP contribution in [-0.4, -0.2) is 25.2 Å². The number of halogens is 3. The Morgan fingerprint density at radius 2 is 1.71 bits per heavy atom. The highest BCUT2D eigenvalue weighted by Crippen LogP contribution is 2.35. The lowest BCUT2D eigenvalue weighted by Gasteiger charge is -2.11. The molecule has 11 heteroatoms. The van der Waals surface area contributed by atoms with Gasteiger partial charge in [0.1, 0.15) is 5.69 Å². The number of hydrogen-bond donors (Lipinski definition) is 2. The van der Waals surface area contributed by atoms with Crippen molar-refractivity contribution in [2.24, 2.45) is 0 Å². The number of H-pyrrole nitrogens is 1. The van der Waals surface area contributed by atoms with Crippen molar-refractivity contribution in [1.29, 1.82) is 0 Å². The average Bonchev–Trinajstić information content (AvgIpc) is 3.48. The maximum absolute atomic E-state index is 12.9. The lowest BCUT2D eigenvalue weighted by molar-refractivity contribution is -0.137. The number of hydrogen-bond acceptors (Lipinski definition) is 5. The Morgan fingerprint density at radius 1 is 1.00 bits per heavy atom. The number of aromatic amines is 1. The van der Waals surface area contributed by atoms with Gasteiger partial charge < -0.3 is 0 Å². The summed E-state index contributed by atoms with van der Waals surface area (Å²) in [7, 11) is -4.10. The standard InChI is InChI=1S/C20H16F3N3O2S3/c21-20(22,23)13-4-1-5-14(12-13)31(27,28)24-9-8-15-18(16-6-2-10-29-16)25-26-19(15)17-7-3-11-30-17/h1-7,10-12,24H,8-9H2,(H,25,26). The normalized spacial score (nSPS) is 12.4. The second-order valence-corrected chi connectivity index (χ2v) is 10.2. The van der Waals surface area contributed by atoms with Gasteiger partial charge in [0.2, 0.25) is 10.0 Å². The molecule has 4 aromatic rings. The van der Waals surface area contributed by atoms with Gasteiger partial charge in [-0.3, -0.25) is 5.10 Å². The molecule has 0 amide bonds. The van der Waals surface area contributed by atoms with Crippen LogP contribution >= 0.6 is 22.7 Å². The Balaban J connectivity index is 1.57. The van der Waals surface area contributed by atoms with Crippen LogP contribution in [0.1, 0.15) is 11.1 Å². The molecule has 0 aliphatic heterocycles. The molecular formula is C20H16F3N3O2S3. The van der Waals surface area contributed by atoms with E-state index < -0.39 is 26.7 Å². The van der Waals surface area contributed by atoms with E-state index in [1.54, 1.807) is 0 Å². The fraction of sp³-hybridized carbons (Fsp3) is 0.150. The molecule has 0 saturated heterocycles. The van der Waals surface area contributed by atoms with Crippen LogP contribution in [0, 0.1) is 0 Å². The van der Waals surface area contributed by atoms with Crippen LogP contribution in [0.15, 0.2) is 64.2 Å². The van der Waals surface area contributed by atoms with Crippen molar-refractivity contribution in [3.8, 4) is 21.1 Å². The molecular weight excluding hydrogens is 467 g/mol. The zero-order chi connectivity index (χ0) is 22.1. The SMILES string of the molecule is O=S(=O)(NCCc1c(-c2cccs2)n[nH]c1-c1cccs1)c1cccc(C(F)(F)F)c1. The van der Waals surface area contributed by atoms with Crippen molar-refractivity contribution in [3.63, 3.8) is 0 Å². The molecule has 0 spiro atoms. The lowest BCUT2D eigenvalue weighted by atomic mass is 10.1. The van der Waals surface area contributed by atoms with E-state index in [-0.39, 0.29) is 6.54 Å². The van der Waals surface area contributed by atoms with E-state index in [1.165, 1.54) is 22.7 Å². The van der Waals surface area contributed by atoms with Crippen molar-refractivity contribution < 1.29 is 21.6 Å². The number of rotatable bonds is 7. The van der Waals surface area contributed by atoms with E-state index in [1.807, 2.05) is 35.0 Å². The van der Waals surface area contributed by atoms with Crippen molar-refractivity contribution >= 4 is 32.7 Å². The number of nitrogens with one attached hydrogen (secondary N) is 2. The minimum Gasteiger partial charge on any atom is -0.276 e. The topological polar surface area (TPSA) is 74.8 Å². The number of thiophene rings is 2. The van der Waals surface area contributed by atoms with Crippen molar-refractivity contribution in [1.82, 2.24) is 14.9 Å². The molecule has 5 nitrogen and oxygen atoms in total. The fourth-order valence-corrected chi connectivity index (χ4v) is 5.65. The number of alkyl halides is 3. The number of aromatic nitrogens is 2. The van der Waals surface area contributed by atoms with E-state index in [4.69, 9.17) is 0 Å². The zero-order valence-corrected chi connectivity index (χ0v) is 18.3. The fourth-order valence-electron chi connectivity index (χ4n) is 3.08. The summed E-state index contributed by atoms with van der Waals surface area (Å²) in [6.07, 6.45) is -4.30. The minimum absolute atomic E-state index is 0.00879. The molecule has 0 aliphatic carbocycles. The Hall–Kier alpha value is -2.47. The second kappa shape index (κ2) is 8.58. The number of benzene rings is 1. The number of sulfonamides is 1. The summed E-state index contributed by atoms with van der Waals surface area (Å²) in [4.78, 5) is 1.48. The van der Waals surface area contributed by atoms with E-state index in [9.17, 15) is 21.6 Å². The molecule has 0 radical (unpaired) electrons. The van der Waals surface area contributed by atoms with Crippen LogP contribution in [-0.2, 0) is 22.6 Å². The summed E-state index contributed by atoms with van der Waals surface area (Å²) in [6, 6.07) is 11.4. The number of nitrogens with zero attached hydrogens (tertiary/aromatic N) is 1. The van der Waals surface area contributed by atoms with Gasteiger partial charge in [0.25, 0.3) is 0 Å². The predicted octanol–water partition coefficient (Wildman–Crippen LogP) is 5.41. The van der Waals surface area contributed by atoms with Gasteiger partial charge in [-0.15, -0.1) is 22.7 Å². The Bertz CT molecular complexity index is 1210. The van der Waals surface area contributed by atoms with Crippen LogP contribution < -0.4 is 4.72 Å². The molecule has 0 saturated carbocycles. The first kappa shape index (κ1) is 21.8. The average molecular weight is 484 g/mol. The maximum atomic E-state index is 12.9. The van der Waals surface area contributed by atoms with Crippen LogP contribution in [0.2, 0.25) is 0 Å². The van der Waals surface area contributed by atoms with Crippen molar-refractivity contribution in [2.75, 3.05) is 6.54 Å². The van der Waals surface area contributed by atoms with Gasteiger partial charge in [-0.1, -0.05) is 18.2 Å². The minimum atomic E-state index is -4.62. The summed E-state index contributed by atoms with van der Waals surface area (Å²) in [6.45, 7) is 0.00879. The van der Waals surface area contributed by atoms with Gasteiger partial charge in [0.15, 0.2) is 0 Å². The summed E-state index contributed by atoms with van der Waals surface area (Å²) < 4.78 is 66.3. The van der Waals surface area contributed by atoms with Gasteiger partial charge in [0, 0.05) is 12.1 Å². The molecule has 31 heavy (non-hydrogen) atoms. The summed E-state index contributed by atoms with van der Waals surface area (Å²) >= 11 is 3.04. The molecule has 0 unspecified atom stereocenters. The monoisotopic (exact) mass is 483 g/mol. The van der Waals surface area contributed by atoms with Gasteiger partial charge in [0.05, 0.1) is 25.9 Å². The van der Waals surface area contributed by atoms with Gasteiger partial charge in [-0.2, -0.15) is 18.3 Å². The molecule has 1 aromatic carbocycles. The predicted molar refractivity (Wildman–Crippen MR) is 116 cm³/mol. The summed E-state index contributed by atoms with van der Waals surface area (Å²) in [5.41, 5.74) is 1.37. The van der Waals surface area contributed by atoms with E-state index >= 15 is 0 Å². The first-order valence-electron chi connectivity index (χ1n) is 9.07. The van der Waals surface area contributed by atoms with Crippen molar-refractivity contribution in [3.05, 3.63) is 70.4 Å². The van der Waals surface area contributed by atoms with E-state index in [0.717, 1.165) is 44.9 Å². The first-order chi connectivity index (χ1) is 14.8. The Labute approximate surface area is 184 Å². The smallest absolute Gasteiger partial charge is 0.276 e. The molecule has 0 bridgehead atoms. The highest BCUT2D eigenvalue weighted by molar-refractivity contribution is 7.89. The van der Waals surface area contributed by atoms with Crippen LogP contribution in [0.4, 0.5) is 13.2 Å². The lowest BCUT2D eigenvalue weighted by Crippen LogP contribution is -2.26. The molecule has 4 rings (SSSR count). The first-order valence-corrected chi connectivity index (χ1v) is 12.3. The quantitative estimate of drug-likeness (QED) is 0.369. The third kappa shape index (κ3) is 4.74. The molecule has 162 valence electrons. The van der Waals surface area contributed by atoms with E-state index in [2.05, 4.69) is 14.9 Å². The molecule has 0 fully saturated rings. The van der Waals surface area contributed by atoms with Gasteiger partial charge in [-0.05, 0) is 47.5 Å². The van der Waals surface area contributed by atoms with Crippen molar-refractivity contribution in [2.45, 2.75) is 17.5 Å². The van der Waals surface area contributed by atoms with E-state index in [0.29, 0.717) is 12.5 Å². The van der Waals surface area contributed by atoms with Crippen LogP contribution in [0.5, 0.6) is 0 Å². The Kier molecular flexibility index (Phi) is 6.02. The molecule has 0 atom stereocenters. The van der Waals surface area contributed by atoms with Gasteiger partial charge in [-0.25, -0.2) is 13.1 Å². The molecule has 0 aliphatic rings. The summed E-state index contributed by atoms with van der Waals surface area (Å²) in [5, 5.41) is 11.3. The Morgan fingerprint density at radius 3 is 2.35 bits per heavy atom. The summed E-state index contributed by atoms with van der Waals surface area (Å²) in [5.74, 6) is 0. The van der Waals surface area contributed by atoms with Crippen LogP contribution in [0.25, 0.3) is 21.1 Å². The second-order valence-electron chi connectivity index (χ2n) is 6.55. The van der Waals surface area contributed by atoms with Crippen LogP contribution in [0.3, 0.4) is 0 Å².